The Morgan fingerprint density at radius 1 is 0.600 bits per heavy atom. The van der Waals surface area contributed by atoms with Gasteiger partial charge in [-0.2, -0.15) is 0 Å². The summed E-state index contributed by atoms with van der Waals surface area (Å²) in [6.07, 6.45) is 24.4. The summed E-state index contributed by atoms with van der Waals surface area (Å²) in [5.74, 6) is 1.23. The van der Waals surface area contributed by atoms with Gasteiger partial charge < -0.3 is 0 Å². The maximum absolute atomic E-state index is 2.51. The number of fused-ring (bicyclic) bond motifs is 5. The van der Waals surface area contributed by atoms with E-state index in [2.05, 4.69) is 230 Å². The quantitative estimate of drug-likeness (QED) is 0.113. The molecule has 0 N–H and O–H groups in total. The SMILES string of the molecule is CC.CC.CC/C(=C(\C=C/Cc1ccccc1-c1cccc2ccccc12)C1C=CC(c2ccc3c(c2)C(CC)c2cc(-c4ccccc4-c4cccc5c4CCC=C5)ccc2-3)=CC1)C(C)C.CCC. The van der Waals surface area contributed by atoms with Crippen LogP contribution in [0.15, 0.2) is 193 Å². The van der Waals surface area contributed by atoms with E-state index in [0.717, 1.165) is 38.5 Å². The fraction of sp³-hybridized carbons (Fsp3) is 0.286. The predicted molar refractivity (Wildman–Crippen MR) is 311 cm³/mol. The minimum absolute atomic E-state index is 0.358. The summed E-state index contributed by atoms with van der Waals surface area (Å²) in [4.78, 5) is 0. The maximum atomic E-state index is 2.51. The van der Waals surface area contributed by atoms with E-state index in [1.807, 2.05) is 27.7 Å². The fourth-order valence-corrected chi connectivity index (χ4v) is 11.1. The van der Waals surface area contributed by atoms with Crippen LogP contribution in [0.3, 0.4) is 0 Å². The van der Waals surface area contributed by atoms with E-state index in [1.54, 1.807) is 5.57 Å². The molecule has 0 amide bonds. The van der Waals surface area contributed by atoms with E-state index in [9.17, 15) is 0 Å². The molecule has 7 aromatic rings. The van der Waals surface area contributed by atoms with Crippen LogP contribution in [0.25, 0.3) is 66.9 Å². The highest BCUT2D eigenvalue weighted by atomic mass is 14.3. The first kappa shape index (κ1) is 51.4. The molecule has 0 heteroatoms. The molecule has 10 rings (SSSR count). The normalized spacial score (nSPS) is 15.6. The second-order valence-electron chi connectivity index (χ2n) is 18.8. The molecule has 70 heavy (non-hydrogen) atoms. The zero-order valence-corrected chi connectivity index (χ0v) is 44.1. The molecule has 3 aliphatic rings. The smallest absolute Gasteiger partial charge is 0.00994 e. The van der Waals surface area contributed by atoms with Gasteiger partial charge in [0.2, 0.25) is 0 Å². The summed E-state index contributed by atoms with van der Waals surface area (Å²) in [6, 6.07) is 54.7. The average Bonchev–Trinajstić information content (AvgIpc) is 3.74. The number of hydrogen-bond acceptors (Lipinski definition) is 0. The number of allylic oxidation sites excluding steroid dienone is 9. The van der Waals surface area contributed by atoms with Crippen molar-refractivity contribution < 1.29 is 0 Å². The van der Waals surface area contributed by atoms with Crippen molar-refractivity contribution in [2.75, 3.05) is 0 Å². The number of rotatable bonds is 11. The second-order valence-corrected chi connectivity index (χ2v) is 18.8. The van der Waals surface area contributed by atoms with E-state index in [-0.39, 0.29) is 0 Å². The molecule has 0 aliphatic heterocycles. The van der Waals surface area contributed by atoms with Crippen molar-refractivity contribution in [3.8, 4) is 44.5 Å². The first-order valence-electron chi connectivity index (χ1n) is 26.9. The van der Waals surface area contributed by atoms with Crippen molar-refractivity contribution in [1.29, 1.82) is 0 Å². The largest absolute Gasteiger partial charge is 0.0836 e. The Balaban J connectivity index is 0.000000983. The molecule has 0 fully saturated rings. The lowest BCUT2D eigenvalue weighted by Crippen LogP contribution is -2.08. The summed E-state index contributed by atoms with van der Waals surface area (Å²) in [5.41, 5.74) is 23.6. The highest BCUT2D eigenvalue weighted by molar-refractivity contribution is 5.97. The Morgan fingerprint density at radius 3 is 1.91 bits per heavy atom. The maximum Gasteiger partial charge on any atom is 0.00994 e. The fourth-order valence-electron chi connectivity index (χ4n) is 11.1. The average molecular weight is 919 g/mol. The first-order chi connectivity index (χ1) is 34.4. The van der Waals surface area contributed by atoms with Gasteiger partial charge in [0.15, 0.2) is 0 Å². The van der Waals surface area contributed by atoms with Crippen LogP contribution < -0.4 is 0 Å². The molecule has 7 aromatic carbocycles. The standard InChI is InChI=1S/C63H58.C3H8.2C2H6/c1-5-50(42(3)4)52(29-15-21-44-18-7-10-24-53(44)57-30-16-22-45-19-8-11-25-54(45)57)47-34-32-43(33-35-47)48-36-38-60-61-39-37-49(41-63(61)51(6-2)62(60)40-48)56-27-13-14-28-58(56)59-31-17-23-46-20-9-12-26-55(46)59;1-3-2;2*1-2/h7-11,13-20,22-25,27-34,36-42,47,51H,5-6,12,21,26,35H2,1-4H3;3H2,1-2H3;2*1-2H3/b29-15-,52-50-;;;. The van der Waals surface area contributed by atoms with Gasteiger partial charge in [0, 0.05) is 11.8 Å². The highest BCUT2D eigenvalue weighted by Crippen LogP contribution is 2.49. The van der Waals surface area contributed by atoms with Crippen molar-refractivity contribution in [2.24, 2.45) is 11.8 Å². The summed E-state index contributed by atoms with van der Waals surface area (Å²) >= 11 is 0. The van der Waals surface area contributed by atoms with Crippen LogP contribution in [0.1, 0.15) is 141 Å². The van der Waals surface area contributed by atoms with Gasteiger partial charge in [-0.1, -0.05) is 257 Å². The molecule has 2 unspecified atom stereocenters. The second kappa shape index (κ2) is 24.9. The van der Waals surface area contributed by atoms with Gasteiger partial charge in [0.25, 0.3) is 0 Å². The molecule has 0 radical (unpaired) electrons. The van der Waals surface area contributed by atoms with Crippen LogP contribution >= 0.6 is 0 Å². The van der Waals surface area contributed by atoms with E-state index < -0.39 is 0 Å². The molecule has 0 saturated carbocycles. The molecule has 0 aromatic heterocycles. The van der Waals surface area contributed by atoms with Crippen molar-refractivity contribution in [3.05, 3.63) is 227 Å². The highest BCUT2D eigenvalue weighted by Gasteiger charge is 2.29. The molecular formula is C70H78. The van der Waals surface area contributed by atoms with Crippen LogP contribution in [0.2, 0.25) is 0 Å². The Labute approximate surface area is 423 Å². The van der Waals surface area contributed by atoms with Gasteiger partial charge >= 0.3 is 0 Å². The van der Waals surface area contributed by atoms with Crippen LogP contribution in [-0.2, 0) is 12.8 Å². The molecule has 0 saturated heterocycles. The molecule has 3 aliphatic carbocycles. The van der Waals surface area contributed by atoms with E-state index in [1.165, 1.54) is 106 Å². The van der Waals surface area contributed by atoms with Crippen molar-refractivity contribution in [1.82, 2.24) is 0 Å². The number of benzene rings is 7. The minimum Gasteiger partial charge on any atom is -0.0836 e. The first-order valence-corrected chi connectivity index (χ1v) is 26.9. The van der Waals surface area contributed by atoms with Crippen LogP contribution in [0.4, 0.5) is 0 Å². The third kappa shape index (κ3) is 10.9. The molecular weight excluding hydrogens is 841 g/mol. The zero-order chi connectivity index (χ0) is 49.6. The molecule has 358 valence electrons. The lowest BCUT2D eigenvalue weighted by atomic mass is 9.81. The lowest BCUT2D eigenvalue weighted by Gasteiger charge is -2.24. The van der Waals surface area contributed by atoms with Gasteiger partial charge in [0.1, 0.15) is 0 Å². The molecule has 0 nitrogen and oxygen atoms in total. The Bertz CT molecular complexity index is 3020. The van der Waals surface area contributed by atoms with Gasteiger partial charge in [0.05, 0.1) is 0 Å². The van der Waals surface area contributed by atoms with E-state index >= 15 is 0 Å². The number of hydrogen-bond donors (Lipinski definition) is 0. The topological polar surface area (TPSA) is 0 Å². The van der Waals surface area contributed by atoms with Gasteiger partial charge in [-0.15, -0.1) is 0 Å². The predicted octanol–water partition coefficient (Wildman–Crippen LogP) is 20.9. The molecule has 0 spiro atoms. The van der Waals surface area contributed by atoms with Gasteiger partial charge in [-0.05, 0) is 156 Å². The molecule has 2 atom stereocenters. The van der Waals surface area contributed by atoms with E-state index in [0.29, 0.717) is 17.8 Å². The van der Waals surface area contributed by atoms with E-state index in [4.69, 9.17) is 0 Å². The van der Waals surface area contributed by atoms with Crippen molar-refractivity contribution in [3.63, 3.8) is 0 Å². The molecule has 0 heterocycles. The van der Waals surface area contributed by atoms with Crippen LogP contribution in [-0.4, -0.2) is 0 Å². The Kier molecular flexibility index (Phi) is 18.2. The third-order valence-corrected chi connectivity index (χ3v) is 14.2. The summed E-state index contributed by atoms with van der Waals surface area (Å²) in [5, 5.41) is 2.59. The van der Waals surface area contributed by atoms with Gasteiger partial charge in [-0.3, -0.25) is 0 Å². The summed E-state index contributed by atoms with van der Waals surface area (Å²) in [7, 11) is 0. The summed E-state index contributed by atoms with van der Waals surface area (Å²) < 4.78 is 0. The zero-order valence-electron chi connectivity index (χ0n) is 44.1. The van der Waals surface area contributed by atoms with Crippen LogP contribution in [0, 0.1) is 11.8 Å². The Morgan fingerprint density at radius 2 is 1.21 bits per heavy atom. The van der Waals surface area contributed by atoms with Crippen molar-refractivity contribution >= 4 is 22.4 Å². The third-order valence-electron chi connectivity index (χ3n) is 14.2. The molecule has 0 bridgehead atoms. The van der Waals surface area contributed by atoms with Gasteiger partial charge in [-0.25, -0.2) is 0 Å². The van der Waals surface area contributed by atoms with Crippen molar-refractivity contribution in [2.45, 2.75) is 120 Å². The summed E-state index contributed by atoms with van der Waals surface area (Å²) in [6.45, 7) is 21.7. The van der Waals surface area contributed by atoms with Crippen LogP contribution in [0.5, 0.6) is 0 Å². The lowest BCUT2D eigenvalue weighted by molar-refractivity contribution is 0.681. The monoisotopic (exact) mass is 919 g/mol. The Hall–Kier alpha value is -6.50. The minimum atomic E-state index is 0.358.